The molecular weight excluding hydrogens is 271 g/mol. The number of primary amides is 1. The molecule has 110 valence electrons. The fourth-order valence-electron chi connectivity index (χ4n) is 2.07. The lowest BCUT2D eigenvalue weighted by Crippen LogP contribution is -2.41. The van der Waals surface area contributed by atoms with Gasteiger partial charge in [-0.05, 0) is 43.7 Å². The number of carbonyl (C=O) groups excluding carboxylic acids is 1. The molecule has 1 amide bonds. The Morgan fingerprint density at radius 2 is 2.00 bits per heavy atom. The fourth-order valence-corrected chi connectivity index (χ4v) is 2.07. The Kier molecular flexibility index (Phi) is 4.23. The number of halogens is 1. The maximum atomic E-state index is 13.4. The summed E-state index contributed by atoms with van der Waals surface area (Å²) < 4.78 is 13.4. The van der Waals surface area contributed by atoms with Gasteiger partial charge in [0.1, 0.15) is 11.9 Å². The Labute approximate surface area is 122 Å². The number of hydroxylamine groups is 1. The van der Waals surface area contributed by atoms with Crippen molar-refractivity contribution in [2.75, 3.05) is 5.06 Å². The van der Waals surface area contributed by atoms with Crippen LogP contribution in [0, 0.1) is 12.7 Å². The molecule has 0 saturated heterocycles. The minimum absolute atomic E-state index is 0.368. The van der Waals surface area contributed by atoms with Gasteiger partial charge in [0.15, 0.2) is 0 Å². The molecule has 0 aliphatic heterocycles. The van der Waals surface area contributed by atoms with E-state index < -0.39 is 11.9 Å². The highest BCUT2D eigenvalue weighted by Crippen LogP contribution is 2.32. The van der Waals surface area contributed by atoms with E-state index in [1.165, 1.54) is 19.1 Å². The van der Waals surface area contributed by atoms with Gasteiger partial charge >= 0.3 is 0 Å². The average Bonchev–Trinajstić information content (AvgIpc) is 2.45. The van der Waals surface area contributed by atoms with Crippen molar-refractivity contribution in [1.82, 2.24) is 0 Å². The molecule has 4 nitrogen and oxygen atoms in total. The van der Waals surface area contributed by atoms with Crippen molar-refractivity contribution in [2.24, 2.45) is 5.73 Å². The molecule has 21 heavy (non-hydrogen) atoms. The van der Waals surface area contributed by atoms with Gasteiger partial charge in [-0.3, -0.25) is 10.0 Å². The van der Waals surface area contributed by atoms with E-state index in [0.29, 0.717) is 16.8 Å². The predicted molar refractivity (Wildman–Crippen MR) is 79.5 cm³/mol. The molecule has 2 rings (SSSR count). The van der Waals surface area contributed by atoms with Gasteiger partial charge in [-0.25, -0.2) is 9.45 Å². The molecule has 3 N–H and O–H groups in total. The van der Waals surface area contributed by atoms with Gasteiger partial charge in [-0.15, -0.1) is 0 Å². The molecule has 2 aromatic rings. The zero-order valence-electron chi connectivity index (χ0n) is 11.9. The maximum Gasteiger partial charge on any atom is 0.242 e. The van der Waals surface area contributed by atoms with Crippen LogP contribution in [-0.2, 0) is 4.79 Å². The van der Waals surface area contributed by atoms with Crippen molar-refractivity contribution >= 4 is 11.6 Å². The zero-order chi connectivity index (χ0) is 15.6. The van der Waals surface area contributed by atoms with E-state index in [9.17, 15) is 14.4 Å². The van der Waals surface area contributed by atoms with Crippen LogP contribution in [0.3, 0.4) is 0 Å². The molecule has 0 heterocycles. The second-order valence-electron chi connectivity index (χ2n) is 4.95. The van der Waals surface area contributed by atoms with E-state index in [2.05, 4.69) is 0 Å². The molecule has 0 aromatic heterocycles. The molecular formula is C16H17FN2O2. The number of amides is 1. The van der Waals surface area contributed by atoms with Crippen LogP contribution in [-0.4, -0.2) is 17.2 Å². The number of carbonyl (C=O) groups is 1. The predicted octanol–water partition coefficient (Wildman–Crippen LogP) is 2.87. The number of nitrogens with two attached hydrogens (primary N) is 1. The fraction of sp³-hybridized carbons (Fsp3) is 0.188. The Morgan fingerprint density at radius 3 is 2.62 bits per heavy atom. The highest BCUT2D eigenvalue weighted by Gasteiger charge is 2.20. The minimum Gasteiger partial charge on any atom is -0.368 e. The summed E-state index contributed by atoms with van der Waals surface area (Å²) in [6, 6.07) is 10.5. The van der Waals surface area contributed by atoms with Crippen LogP contribution in [0.2, 0.25) is 0 Å². The van der Waals surface area contributed by atoms with Crippen molar-refractivity contribution in [3.05, 3.63) is 53.8 Å². The molecule has 0 saturated carbocycles. The van der Waals surface area contributed by atoms with E-state index in [4.69, 9.17) is 5.73 Å². The van der Waals surface area contributed by atoms with Gasteiger partial charge in [-0.1, -0.05) is 23.8 Å². The van der Waals surface area contributed by atoms with Crippen LogP contribution >= 0.6 is 0 Å². The van der Waals surface area contributed by atoms with Crippen LogP contribution in [0.4, 0.5) is 10.1 Å². The summed E-state index contributed by atoms with van der Waals surface area (Å²) in [6.45, 7) is 3.39. The number of aryl methyl sites for hydroxylation is 1. The lowest BCUT2D eigenvalue weighted by molar-refractivity contribution is -0.120. The number of rotatable bonds is 4. The van der Waals surface area contributed by atoms with Crippen LogP contribution in [0.1, 0.15) is 12.5 Å². The lowest BCUT2D eigenvalue weighted by atomic mass is 10.0. The quantitative estimate of drug-likeness (QED) is 0.850. The molecule has 0 aliphatic carbocycles. The minimum atomic E-state index is -0.889. The second kappa shape index (κ2) is 5.93. The van der Waals surface area contributed by atoms with Crippen LogP contribution in [0.5, 0.6) is 0 Å². The molecule has 1 atom stereocenters. The van der Waals surface area contributed by atoms with Gasteiger partial charge in [0.25, 0.3) is 0 Å². The van der Waals surface area contributed by atoms with Gasteiger partial charge in [0.05, 0.1) is 5.69 Å². The number of anilines is 1. The van der Waals surface area contributed by atoms with Crippen LogP contribution in [0.15, 0.2) is 42.5 Å². The third-order valence-electron chi connectivity index (χ3n) is 3.31. The lowest BCUT2D eigenvalue weighted by Gasteiger charge is -2.25. The summed E-state index contributed by atoms with van der Waals surface area (Å²) >= 11 is 0. The summed E-state index contributed by atoms with van der Waals surface area (Å²) in [6.07, 6.45) is 0. The van der Waals surface area contributed by atoms with Crippen LogP contribution < -0.4 is 10.8 Å². The standard InChI is InChI=1S/C16H17FN2O2/c1-10-6-7-15(19(21)11(2)16(18)20)14(8-10)12-4-3-5-13(17)9-12/h3-9,11,21H,1-2H3,(H2,18,20). The van der Waals surface area contributed by atoms with Crippen molar-refractivity contribution in [3.63, 3.8) is 0 Å². The monoisotopic (exact) mass is 288 g/mol. The first-order valence-corrected chi connectivity index (χ1v) is 6.54. The van der Waals surface area contributed by atoms with Gasteiger partial charge in [0, 0.05) is 5.56 Å². The summed E-state index contributed by atoms with van der Waals surface area (Å²) in [5.74, 6) is -1.02. The van der Waals surface area contributed by atoms with E-state index in [1.54, 1.807) is 24.3 Å². The van der Waals surface area contributed by atoms with E-state index in [1.807, 2.05) is 13.0 Å². The molecule has 2 aromatic carbocycles. The Hall–Kier alpha value is -2.40. The Morgan fingerprint density at radius 1 is 1.29 bits per heavy atom. The van der Waals surface area contributed by atoms with Crippen molar-refractivity contribution in [1.29, 1.82) is 0 Å². The second-order valence-corrected chi connectivity index (χ2v) is 4.95. The first-order valence-electron chi connectivity index (χ1n) is 6.54. The normalized spacial score (nSPS) is 12.0. The zero-order valence-corrected chi connectivity index (χ0v) is 11.9. The van der Waals surface area contributed by atoms with Crippen molar-refractivity contribution in [3.8, 4) is 11.1 Å². The highest BCUT2D eigenvalue weighted by atomic mass is 19.1. The molecule has 0 fully saturated rings. The SMILES string of the molecule is Cc1ccc(N(O)C(C)C(N)=O)c(-c2cccc(F)c2)c1. The Balaban J connectivity index is 2.55. The number of benzene rings is 2. The molecule has 5 heteroatoms. The molecule has 1 unspecified atom stereocenters. The number of hydrogen-bond donors (Lipinski definition) is 2. The van der Waals surface area contributed by atoms with E-state index in [0.717, 1.165) is 10.6 Å². The van der Waals surface area contributed by atoms with Gasteiger partial charge in [0.2, 0.25) is 5.91 Å². The molecule has 0 spiro atoms. The summed E-state index contributed by atoms with van der Waals surface area (Å²) in [4.78, 5) is 11.2. The average molecular weight is 288 g/mol. The van der Waals surface area contributed by atoms with Crippen molar-refractivity contribution < 1.29 is 14.4 Å². The summed E-state index contributed by atoms with van der Waals surface area (Å²) in [5, 5.41) is 11.0. The first-order chi connectivity index (χ1) is 9.90. The third kappa shape index (κ3) is 3.20. The summed E-state index contributed by atoms with van der Waals surface area (Å²) in [5.41, 5.74) is 7.82. The summed E-state index contributed by atoms with van der Waals surface area (Å²) in [7, 11) is 0. The first kappa shape index (κ1) is 15.0. The third-order valence-corrected chi connectivity index (χ3v) is 3.31. The van der Waals surface area contributed by atoms with Gasteiger partial charge in [-0.2, -0.15) is 0 Å². The van der Waals surface area contributed by atoms with Crippen molar-refractivity contribution in [2.45, 2.75) is 19.9 Å². The molecule has 0 bridgehead atoms. The maximum absolute atomic E-state index is 13.4. The Bertz CT molecular complexity index is 673. The highest BCUT2D eigenvalue weighted by molar-refractivity contribution is 5.86. The van der Waals surface area contributed by atoms with E-state index in [-0.39, 0.29) is 5.82 Å². The number of nitrogens with zero attached hydrogens (tertiary/aromatic N) is 1. The topological polar surface area (TPSA) is 66.6 Å². The number of hydrogen-bond acceptors (Lipinski definition) is 3. The molecule has 0 radical (unpaired) electrons. The smallest absolute Gasteiger partial charge is 0.242 e. The van der Waals surface area contributed by atoms with E-state index >= 15 is 0 Å². The largest absolute Gasteiger partial charge is 0.368 e. The van der Waals surface area contributed by atoms with Crippen LogP contribution in [0.25, 0.3) is 11.1 Å². The van der Waals surface area contributed by atoms with Gasteiger partial charge < -0.3 is 5.73 Å². The molecule has 0 aliphatic rings.